The monoisotopic (exact) mass is 284 g/mol. The average Bonchev–Trinajstić information content (AvgIpc) is 2.58. The summed E-state index contributed by atoms with van der Waals surface area (Å²) < 4.78 is 6.54. The van der Waals surface area contributed by atoms with Crippen LogP contribution in [0.4, 0.5) is 4.79 Å². The van der Waals surface area contributed by atoms with Gasteiger partial charge in [-0.15, -0.1) is 5.10 Å². The Balaban J connectivity index is 2.64. The molecule has 0 aliphatic heterocycles. The lowest BCUT2D eigenvalue weighted by Gasteiger charge is -2.01. The topological polar surface area (TPSA) is 64.4 Å². The third-order valence-electron chi connectivity index (χ3n) is 2.08. The molecular weight excluding hydrogens is 276 g/mol. The van der Waals surface area contributed by atoms with Crippen molar-refractivity contribution < 1.29 is 14.6 Å². The van der Waals surface area contributed by atoms with E-state index in [0.29, 0.717) is 15.4 Å². The lowest BCUT2D eigenvalue weighted by atomic mass is 10.2. The smallest absolute Gasteiger partial charge is 0.435 e. The molecule has 0 spiro atoms. The Morgan fingerprint density at radius 1 is 1.62 bits per heavy atom. The number of benzene rings is 1. The first kappa shape index (κ1) is 10.9. The van der Waals surface area contributed by atoms with Gasteiger partial charge in [-0.25, -0.2) is 4.79 Å². The van der Waals surface area contributed by atoms with Crippen molar-refractivity contribution in [3.63, 3.8) is 0 Å². The number of aromatic hydroxyl groups is 1. The van der Waals surface area contributed by atoms with Gasteiger partial charge < -0.3 is 9.84 Å². The highest BCUT2D eigenvalue weighted by atomic mass is 79.9. The summed E-state index contributed by atoms with van der Waals surface area (Å²) in [6, 6.07) is 5.20. The lowest BCUT2D eigenvalue weighted by Crippen LogP contribution is -2.14. The molecule has 0 fully saturated rings. The summed E-state index contributed by atoms with van der Waals surface area (Å²) in [7, 11) is 0. The van der Waals surface area contributed by atoms with Gasteiger partial charge in [0.25, 0.3) is 0 Å². The first-order valence-corrected chi connectivity index (χ1v) is 5.47. The predicted molar refractivity (Wildman–Crippen MR) is 61.5 cm³/mol. The summed E-state index contributed by atoms with van der Waals surface area (Å²) in [5.41, 5.74) is 0.505. The molecule has 6 heteroatoms. The number of nitrogens with zero attached hydrogens (tertiary/aromatic N) is 2. The van der Waals surface area contributed by atoms with E-state index in [1.54, 1.807) is 25.1 Å². The second-order valence-electron chi connectivity index (χ2n) is 3.07. The molecule has 0 amide bonds. The molecule has 0 saturated carbocycles. The van der Waals surface area contributed by atoms with Crippen molar-refractivity contribution in [2.45, 2.75) is 6.92 Å². The Kier molecular flexibility index (Phi) is 2.82. The average molecular weight is 285 g/mol. The standard InChI is InChI=1S/C10H9BrN2O3/c1-2-16-10(15)13-7-5-3-4-6(11)8(7)9(14)12-13/h3-5H,2H2,1H3,(H,12,14). The third kappa shape index (κ3) is 1.65. The van der Waals surface area contributed by atoms with Crippen LogP contribution in [0.1, 0.15) is 6.92 Å². The maximum Gasteiger partial charge on any atom is 0.435 e. The van der Waals surface area contributed by atoms with Gasteiger partial charge in [-0.3, -0.25) is 0 Å². The van der Waals surface area contributed by atoms with Crippen molar-refractivity contribution in [3.05, 3.63) is 22.7 Å². The Bertz CT molecular complexity index is 550. The maximum absolute atomic E-state index is 11.5. The molecule has 16 heavy (non-hydrogen) atoms. The SMILES string of the molecule is CCOC(=O)n1nc(O)c2c(Br)cccc21. The van der Waals surface area contributed by atoms with Gasteiger partial charge in [0.1, 0.15) is 0 Å². The lowest BCUT2D eigenvalue weighted by molar-refractivity contribution is 0.151. The van der Waals surface area contributed by atoms with Crippen LogP contribution in [0.15, 0.2) is 22.7 Å². The van der Waals surface area contributed by atoms with E-state index in [2.05, 4.69) is 21.0 Å². The van der Waals surface area contributed by atoms with Gasteiger partial charge in [-0.2, -0.15) is 4.68 Å². The molecule has 1 aromatic heterocycles. The van der Waals surface area contributed by atoms with Crippen LogP contribution in [0.25, 0.3) is 10.9 Å². The molecule has 2 rings (SSSR count). The fraction of sp³-hybridized carbons (Fsp3) is 0.200. The van der Waals surface area contributed by atoms with Gasteiger partial charge in [0.2, 0.25) is 5.88 Å². The van der Waals surface area contributed by atoms with Gasteiger partial charge in [-0.05, 0) is 35.0 Å². The molecule has 0 unspecified atom stereocenters. The number of ether oxygens (including phenoxy) is 1. The van der Waals surface area contributed by atoms with E-state index in [1.807, 2.05) is 0 Å². The molecule has 0 aliphatic carbocycles. The molecule has 1 heterocycles. The molecular formula is C10H9BrN2O3. The Labute approximate surface area is 99.8 Å². The second kappa shape index (κ2) is 4.13. The van der Waals surface area contributed by atoms with Crippen LogP contribution in [0, 0.1) is 0 Å². The third-order valence-corrected chi connectivity index (χ3v) is 2.74. The minimum atomic E-state index is -0.606. The minimum Gasteiger partial charge on any atom is -0.492 e. The molecule has 5 nitrogen and oxygen atoms in total. The Morgan fingerprint density at radius 2 is 2.38 bits per heavy atom. The first-order chi connectivity index (χ1) is 7.65. The fourth-order valence-electron chi connectivity index (χ4n) is 1.43. The predicted octanol–water partition coefficient (Wildman–Crippen LogP) is 2.51. The molecule has 1 aromatic carbocycles. The van der Waals surface area contributed by atoms with Gasteiger partial charge in [-0.1, -0.05) is 6.07 Å². The van der Waals surface area contributed by atoms with Crippen LogP contribution in [-0.4, -0.2) is 27.6 Å². The summed E-state index contributed by atoms with van der Waals surface area (Å²) in [4.78, 5) is 11.5. The zero-order valence-corrected chi connectivity index (χ0v) is 10.1. The molecule has 0 atom stereocenters. The summed E-state index contributed by atoms with van der Waals surface area (Å²) >= 11 is 3.28. The van der Waals surface area contributed by atoms with Gasteiger partial charge in [0, 0.05) is 4.47 Å². The van der Waals surface area contributed by atoms with Crippen LogP contribution >= 0.6 is 15.9 Å². The quantitative estimate of drug-likeness (QED) is 0.874. The van der Waals surface area contributed by atoms with Crippen molar-refractivity contribution in [2.75, 3.05) is 6.61 Å². The zero-order chi connectivity index (χ0) is 11.7. The molecule has 84 valence electrons. The molecule has 0 aliphatic rings. The van der Waals surface area contributed by atoms with Crippen LogP contribution in [-0.2, 0) is 4.74 Å². The Hall–Kier alpha value is -1.56. The number of hydrogen-bond donors (Lipinski definition) is 1. The van der Waals surface area contributed by atoms with Crippen LogP contribution in [0.5, 0.6) is 5.88 Å². The second-order valence-corrected chi connectivity index (χ2v) is 3.92. The highest BCUT2D eigenvalue weighted by Gasteiger charge is 2.17. The molecule has 0 saturated heterocycles. The van der Waals surface area contributed by atoms with Crippen molar-refractivity contribution in [1.29, 1.82) is 0 Å². The maximum atomic E-state index is 11.5. The summed E-state index contributed by atoms with van der Waals surface area (Å²) in [6.07, 6.45) is -0.606. The normalized spacial score (nSPS) is 10.6. The highest BCUT2D eigenvalue weighted by Crippen LogP contribution is 2.30. The summed E-state index contributed by atoms with van der Waals surface area (Å²) in [5, 5.41) is 13.9. The fourth-order valence-corrected chi connectivity index (χ4v) is 1.97. The number of hydrogen-bond acceptors (Lipinski definition) is 4. The van der Waals surface area contributed by atoms with Gasteiger partial charge in [0.05, 0.1) is 17.5 Å². The van der Waals surface area contributed by atoms with Crippen LogP contribution in [0.2, 0.25) is 0 Å². The van der Waals surface area contributed by atoms with Crippen molar-refractivity contribution in [1.82, 2.24) is 9.78 Å². The van der Waals surface area contributed by atoms with E-state index in [9.17, 15) is 9.90 Å². The summed E-state index contributed by atoms with van der Waals surface area (Å²) in [5.74, 6) is -0.199. The number of rotatable bonds is 1. The number of halogens is 1. The van der Waals surface area contributed by atoms with Crippen LogP contribution < -0.4 is 0 Å². The van der Waals surface area contributed by atoms with E-state index < -0.39 is 6.09 Å². The number of fused-ring (bicyclic) bond motifs is 1. The molecule has 0 radical (unpaired) electrons. The van der Waals surface area contributed by atoms with E-state index in [4.69, 9.17) is 4.74 Å². The molecule has 2 aromatic rings. The Morgan fingerprint density at radius 3 is 3.06 bits per heavy atom. The van der Waals surface area contributed by atoms with E-state index >= 15 is 0 Å². The number of carbonyl (C=O) groups excluding carboxylic acids is 1. The van der Waals surface area contributed by atoms with Gasteiger partial charge >= 0.3 is 6.09 Å². The van der Waals surface area contributed by atoms with Gasteiger partial charge in [0.15, 0.2) is 0 Å². The van der Waals surface area contributed by atoms with E-state index in [1.165, 1.54) is 0 Å². The molecule has 1 N–H and O–H groups in total. The number of carbonyl (C=O) groups is 1. The van der Waals surface area contributed by atoms with Crippen molar-refractivity contribution >= 4 is 32.9 Å². The van der Waals surface area contributed by atoms with E-state index in [-0.39, 0.29) is 12.5 Å². The largest absolute Gasteiger partial charge is 0.492 e. The zero-order valence-electron chi connectivity index (χ0n) is 8.48. The van der Waals surface area contributed by atoms with Crippen molar-refractivity contribution in [3.8, 4) is 5.88 Å². The van der Waals surface area contributed by atoms with Crippen LogP contribution in [0.3, 0.4) is 0 Å². The van der Waals surface area contributed by atoms with E-state index in [0.717, 1.165) is 4.68 Å². The molecule has 0 bridgehead atoms. The first-order valence-electron chi connectivity index (χ1n) is 4.68. The summed E-state index contributed by atoms with van der Waals surface area (Å²) in [6.45, 7) is 1.97. The number of aromatic nitrogens is 2. The highest BCUT2D eigenvalue weighted by molar-refractivity contribution is 9.10. The van der Waals surface area contributed by atoms with Crippen molar-refractivity contribution in [2.24, 2.45) is 0 Å². The minimum absolute atomic E-state index is 0.199.